The Kier molecular flexibility index (Phi) is 2.82. The van der Waals surface area contributed by atoms with E-state index in [1.165, 1.54) is 0 Å². The third kappa shape index (κ3) is 4.39. The average Bonchev–Trinajstić information content (AvgIpc) is 1.38. The molecule has 0 aromatic rings. The van der Waals surface area contributed by atoms with Crippen LogP contribution in [0.4, 0.5) is 0 Å². The van der Waals surface area contributed by atoms with E-state index in [2.05, 4.69) is 9.24 Å². The normalized spacial score (nSPS) is 9.60. The average molecular weight is 89.1 g/mol. The molecule has 0 spiro atoms. The second kappa shape index (κ2) is 2.62. The van der Waals surface area contributed by atoms with E-state index in [-0.39, 0.29) is 0 Å². The highest BCUT2D eigenvalue weighted by Gasteiger charge is 1.73. The van der Waals surface area contributed by atoms with E-state index in [0.717, 1.165) is 6.29 Å². The molecule has 5 heavy (non-hydrogen) atoms. The molecule has 0 aliphatic heterocycles. The summed E-state index contributed by atoms with van der Waals surface area (Å²) in [5.41, 5.74) is 0. The minimum Gasteiger partial charge on any atom is -0.305 e. The Morgan fingerprint density at radius 3 is 1.80 bits per heavy atom. The van der Waals surface area contributed by atoms with Gasteiger partial charge in [0.15, 0.2) is 0 Å². The van der Waals surface area contributed by atoms with Gasteiger partial charge in [0, 0.05) is 6.29 Å². The summed E-state index contributed by atoms with van der Waals surface area (Å²) in [5.74, 6) is 0. The van der Waals surface area contributed by atoms with Crippen LogP contribution in [-0.2, 0) is 0 Å². The van der Waals surface area contributed by atoms with Crippen molar-refractivity contribution >= 4 is 9.24 Å². The predicted molar refractivity (Wildman–Crippen MR) is 25.5 cm³/mol. The quantitative estimate of drug-likeness (QED) is 0.432. The van der Waals surface area contributed by atoms with Gasteiger partial charge >= 0.3 is 0 Å². The van der Waals surface area contributed by atoms with Crippen molar-refractivity contribution < 1.29 is 0 Å². The van der Waals surface area contributed by atoms with Crippen molar-refractivity contribution in [1.29, 1.82) is 0 Å². The van der Waals surface area contributed by atoms with Crippen LogP contribution < -0.4 is 0 Å². The zero-order valence-corrected chi connectivity index (χ0v) is 4.50. The monoisotopic (exact) mass is 89.0 g/mol. The summed E-state index contributed by atoms with van der Waals surface area (Å²) in [4.78, 5) is 1.99. The molecule has 0 saturated heterocycles. The van der Waals surface area contributed by atoms with Gasteiger partial charge in [0.1, 0.15) is 0 Å². The van der Waals surface area contributed by atoms with Gasteiger partial charge in [-0.05, 0) is 23.3 Å². The molecule has 0 aliphatic carbocycles. The Morgan fingerprint density at radius 2 is 1.80 bits per heavy atom. The predicted octanol–water partition coefficient (Wildman–Crippen LogP) is 0.916. The summed E-state index contributed by atoms with van der Waals surface area (Å²) < 4.78 is 0. The number of nitrogens with zero attached hydrogens (tertiary/aromatic N) is 1. The molecule has 2 radical (unpaired) electrons. The largest absolute Gasteiger partial charge is 0.305 e. The molecule has 0 aromatic heterocycles. The van der Waals surface area contributed by atoms with Crippen LogP contribution in [0, 0.1) is 0 Å². The van der Waals surface area contributed by atoms with Crippen LogP contribution >= 0.6 is 9.24 Å². The van der Waals surface area contributed by atoms with Crippen LogP contribution in [0.3, 0.4) is 0 Å². The standard InChI is InChI=1S/C3H8NP/c1-4(2)3-5/h3H2,1-2H3. The van der Waals surface area contributed by atoms with Crippen LogP contribution in [0.2, 0.25) is 0 Å². The fraction of sp³-hybridized carbons (Fsp3) is 1.00. The van der Waals surface area contributed by atoms with Crippen molar-refractivity contribution in [2.24, 2.45) is 0 Å². The lowest BCUT2D eigenvalue weighted by atomic mass is 11.0. The molecule has 0 amide bonds. The Bertz CT molecular complexity index is 20.9. The Morgan fingerprint density at radius 1 is 1.60 bits per heavy atom. The van der Waals surface area contributed by atoms with Crippen molar-refractivity contribution in [2.75, 3.05) is 20.4 Å². The van der Waals surface area contributed by atoms with Crippen LogP contribution in [0.5, 0.6) is 0 Å². The van der Waals surface area contributed by atoms with Gasteiger partial charge in [-0.15, -0.1) is 0 Å². The first-order valence-electron chi connectivity index (χ1n) is 1.53. The molecular formula is C3H8NP. The van der Waals surface area contributed by atoms with Crippen LogP contribution in [0.15, 0.2) is 0 Å². The van der Waals surface area contributed by atoms with Gasteiger partial charge in [-0.1, -0.05) is 0 Å². The second-order valence-electron chi connectivity index (χ2n) is 1.22. The molecule has 0 saturated carbocycles. The topological polar surface area (TPSA) is 3.24 Å². The van der Waals surface area contributed by atoms with Gasteiger partial charge < -0.3 is 4.90 Å². The van der Waals surface area contributed by atoms with Crippen LogP contribution in [-0.4, -0.2) is 25.3 Å². The van der Waals surface area contributed by atoms with Gasteiger partial charge in [-0.2, -0.15) is 0 Å². The Labute approximate surface area is 35.6 Å². The first-order chi connectivity index (χ1) is 2.27. The zero-order chi connectivity index (χ0) is 4.28. The summed E-state index contributed by atoms with van der Waals surface area (Å²) >= 11 is 0. The molecule has 30 valence electrons. The highest BCUT2D eigenvalue weighted by atomic mass is 31.0. The molecule has 0 bridgehead atoms. The SMILES string of the molecule is CN(C)C[P]. The lowest BCUT2D eigenvalue weighted by molar-refractivity contribution is 0.485. The van der Waals surface area contributed by atoms with Gasteiger partial charge in [0.25, 0.3) is 0 Å². The lowest BCUT2D eigenvalue weighted by Crippen LogP contribution is -2.06. The van der Waals surface area contributed by atoms with Gasteiger partial charge in [0.05, 0.1) is 0 Å². The van der Waals surface area contributed by atoms with E-state index in [1.807, 2.05) is 19.0 Å². The van der Waals surface area contributed by atoms with E-state index >= 15 is 0 Å². The third-order valence-corrected chi connectivity index (χ3v) is 0.849. The van der Waals surface area contributed by atoms with Crippen LogP contribution in [0.25, 0.3) is 0 Å². The maximum absolute atomic E-state index is 3.94. The highest BCUT2D eigenvalue weighted by Crippen LogP contribution is 1.79. The molecule has 0 unspecified atom stereocenters. The van der Waals surface area contributed by atoms with Crippen molar-refractivity contribution in [2.45, 2.75) is 0 Å². The minimum atomic E-state index is 0.833. The first kappa shape index (κ1) is 5.39. The molecule has 0 rings (SSSR count). The molecule has 0 aromatic carbocycles. The van der Waals surface area contributed by atoms with Gasteiger partial charge in [-0.3, -0.25) is 0 Å². The van der Waals surface area contributed by atoms with E-state index in [4.69, 9.17) is 0 Å². The summed E-state index contributed by atoms with van der Waals surface area (Å²) in [7, 11) is 7.90. The molecule has 1 nitrogen and oxygen atoms in total. The smallest absolute Gasteiger partial charge is 0.0263 e. The second-order valence-corrected chi connectivity index (χ2v) is 1.50. The number of rotatable bonds is 1. The van der Waals surface area contributed by atoms with E-state index < -0.39 is 0 Å². The van der Waals surface area contributed by atoms with Crippen LogP contribution in [0.1, 0.15) is 0 Å². The molecule has 0 heterocycles. The third-order valence-electron chi connectivity index (χ3n) is 0.283. The van der Waals surface area contributed by atoms with Gasteiger partial charge in [0.2, 0.25) is 0 Å². The van der Waals surface area contributed by atoms with Crippen molar-refractivity contribution in [1.82, 2.24) is 4.90 Å². The number of hydrogen-bond acceptors (Lipinski definition) is 1. The van der Waals surface area contributed by atoms with Crippen molar-refractivity contribution in [3.05, 3.63) is 0 Å². The van der Waals surface area contributed by atoms with Crippen molar-refractivity contribution in [3.8, 4) is 0 Å². The first-order valence-corrected chi connectivity index (χ1v) is 2.16. The molecule has 0 atom stereocenters. The summed E-state index contributed by atoms with van der Waals surface area (Å²) in [5, 5.41) is 0. The fourth-order valence-electron chi connectivity index (χ4n) is 0. The molecule has 0 aliphatic rings. The molecule has 0 fully saturated rings. The van der Waals surface area contributed by atoms with E-state index in [0.29, 0.717) is 0 Å². The summed E-state index contributed by atoms with van der Waals surface area (Å²) in [6.07, 6.45) is 0.833. The zero-order valence-electron chi connectivity index (χ0n) is 3.60. The van der Waals surface area contributed by atoms with E-state index in [9.17, 15) is 0 Å². The maximum Gasteiger partial charge on any atom is 0.0263 e. The minimum absolute atomic E-state index is 0.833. The Hall–Kier alpha value is 0.390. The highest BCUT2D eigenvalue weighted by molar-refractivity contribution is 7.16. The lowest BCUT2D eigenvalue weighted by Gasteiger charge is -1.98. The summed E-state index contributed by atoms with van der Waals surface area (Å²) in [6, 6.07) is 0. The Balaban J connectivity index is 2.54. The molecular weight excluding hydrogens is 81.0 g/mol. The van der Waals surface area contributed by atoms with Gasteiger partial charge in [-0.25, -0.2) is 0 Å². The summed E-state index contributed by atoms with van der Waals surface area (Å²) in [6.45, 7) is 0. The van der Waals surface area contributed by atoms with E-state index in [1.54, 1.807) is 0 Å². The molecule has 0 N–H and O–H groups in total. The maximum atomic E-state index is 3.94. The fourth-order valence-corrected chi connectivity index (χ4v) is 0. The van der Waals surface area contributed by atoms with Crippen molar-refractivity contribution in [3.63, 3.8) is 0 Å². The number of hydrogen-bond donors (Lipinski definition) is 0. The molecule has 2 heteroatoms.